The summed E-state index contributed by atoms with van der Waals surface area (Å²) in [6.07, 6.45) is -0.878. The molecular formula is C13H24F3N3. The standard InChI is InChI=1S/C13H24F3N3/c1-18-5-3-12(4-6-18)17-8-11-2-7-19(9-11)10-13(14,15)16/h11-12,17H,2-10H2,1H3. The highest BCUT2D eigenvalue weighted by atomic mass is 19.4. The summed E-state index contributed by atoms with van der Waals surface area (Å²) in [6.45, 7) is 3.50. The molecule has 2 aliphatic rings. The molecule has 2 heterocycles. The van der Waals surface area contributed by atoms with E-state index < -0.39 is 12.7 Å². The number of nitrogens with zero attached hydrogens (tertiary/aromatic N) is 2. The molecule has 2 aliphatic heterocycles. The highest BCUT2D eigenvalue weighted by Gasteiger charge is 2.34. The fourth-order valence-electron chi connectivity index (χ4n) is 3.02. The van der Waals surface area contributed by atoms with Crippen molar-refractivity contribution in [2.45, 2.75) is 31.5 Å². The molecule has 0 aromatic rings. The van der Waals surface area contributed by atoms with E-state index in [1.54, 1.807) is 0 Å². The second-order valence-corrected chi connectivity index (χ2v) is 5.99. The molecule has 0 bridgehead atoms. The zero-order chi connectivity index (χ0) is 13.9. The maximum Gasteiger partial charge on any atom is 0.401 e. The van der Waals surface area contributed by atoms with E-state index in [1.807, 2.05) is 0 Å². The molecule has 0 aromatic heterocycles. The zero-order valence-electron chi connectivity index (χ0n) is 11.5. The summed E-state index contributed by atoms with van der Waals surface area (Å²) in [4.78, 5) is 3.85. The third-order valence-electron chi connectivity index (χ3n) is 4.19. The molecule has 2 fully saturated rings. The number of hydrogen-bond donors (Lipinski definition) is 1. The van der Waals surface area contributed by atoms with E-state index >= 15 is 0 Å². The Balaban J connectivity index is 1.62. The van der Waals surface area contributed by atoms with Gasteiger partial charge in [0.05, 0.1) is 6.54 Å². The van der Waals surface area contributed by atoms with Crippen molar-refractivity contribution in [2.75, 3.05) is 46.3 Å². The minimum absolute atomic E-state index is 0.377. The van der Waals surface area contributed by atoms with Gasteiger partial charge in [0, 0.05) is 12.6 Å². The molecule has 0 spiro atoms. The Kier molecular flexibility index (Phi) is 5.09. The quantitative estimate of drug-likeness (QED) is 0.842. The van der Waals surface area contributed by atoms with Gasteiger partial charge in [-0.3, -0.25) is 4.90 Å². The van der Waals surface area contributed by atoms with E-state index in [4.69, 9.17) is 0 Å². The van der Waals surface area contributed by atoms with Crippen molar-refractivity contribution in [3.63, 3.8) is 0 Å². The molecule has 2 rings (SSSR count). The maximum atomic E-state index is 12.3. The first kappa shape index (κ1) is 15.1. The lowest BCUT2D eigenvalue weighted by Crippen LogP contribution is -2.42. The summed E-state index contributed by atoms with van der Waals surface area (Å²) >= 11 is 0. The average Bonchev–Trinajstić information content (AvgIpc) is 2.73. The van der Waals surface area contributed by atoms with Crippen LogP contribution in [0.1, 0.15) is 19.3 Å². The van der Waals surface area contributed by atoms with E-state index in [-0.39, 0.29) is 0 Å². The monoisotopic (exact) mass is 279 g/mol. The Morgan fingerprint density at radius 1 is 1.11 bits per heavy atom. The lowest BCUT2D eigenvalue weighted by Gasteiger charge is -2.30. The molecule has 0 aromatic carbocycles. The molecule has 3 nitrogen and oxygen atoms in total. The highest BCUT2D eigenvalue weighted by Crippen LogP contribution is 2.22. The fourth-order valence-corrected chi connectivity index (χ4v) is 3.02. The molecule has 1 atom stereocenters. The Labute approximate surface area is 113 Å². The lowest BCUT2D eigenvalue weighted by atomic mass is 10.0. The molecule has 0 amide bonds. The molecule has 1 unspecified atom stereocenters. The van der Waals surface area contributed by atoms with Gasteiger partial charge in [-0.15, -0.1) is 0 Å². The molecule has 2 saturated heterocycles. The third-order valence-corrected chi connectivity index (χ3v) is 4.19. The smallest absolute Gasteiger partial charge is 0.314 e. The molecule has 0 saturated carbocycles. The summed E-state index contributed by atoms with van der Waals surface area (Å²) in [5, 5.41) is 3.53. The number of likely N-dealkylation sites (tertiary alicyclic amines) is 2. The van der Waals surface area contributed by atoms with Crippen LogP contribution < -0.4 is 5.32 Å². The van der Waals surface area contributed by atoms with Crippen LogP contribution in [0.15, 0.2) is 0 Å². The molecule has 0 aliphatic carbocycles. The first-order chi connectivity index (χ1) is 8.92. The predicted octanol–water partition coefficient (Wildman–Crippen LogP) is 1.55. The SMILES string of the molecule is CN1CCC(NCC2CCN(CC(F)(F)F)C2)CC1. The van der Waals surface area contributed by atoms with Crippen molar-refractivity contribution in [1.82, 2.24) is 15.1 Å². The third kappa shape index (κ3) is 5.28. The molecular weight excluding hydrogens is 255 g/mol. The zero-order valence-corrected chi connectivity index (χ0v) is 11.5. The van der Waals surface area contributed by atoms with Crippen LogP contribution in [0.5, 0.6) is 0 Å². The average molecular weight is 279 g/mol. The molecule has 6 heteroatoms. The Morgan fingerprint density at radius 2 is 1.79 bits per heavy atom. The van der Waals surface area contributed by atoms with Crippen LogP contribution in [0.2, 0.25) is 0 Å². The Bertz CT molecular complexity index is 275. The number of rotatable bonds is 4. The summed E-state index contributed by atoms with van der Waals surface area (Å²) in [5.74, 6) is 0.377. The first-order valence-corrected chi connectivity index (χ1v) is 7.13. The fraction of sp³-hybridized carbons (Fsp3) is 1.00. The van der Waals surface area contributed by atoms with Gasteiger partial charge >= 0.3 is 6.18 Å². The van der Waals surface area contributed by atoms with E-state index in [2.05, 4.69) is 17.3 Å². The molecule has 112 valence electrons. The number of nitrogens with one attached hydrogen (secondary N) is 1. The van der Waals surface area contributed by atoms with Crippen molar-refractivity contribution in [3.05, 3.63) is 0 Å². The predicted molar refractivity (Wildman–Crippen MR) is 69.1 cm³/mol. The summed E-state index contributed by atoms with van der Waals surface area (Å²) in [6, 6.07) is 0.549. The summed E-state index contributed by atoms with van der Waals surface area (Å²) in [7, 11) is 2.13. The van der Waals surface area contributed by atoms with Crippen LogP contribution in [0, 0.1) is 5.92 Å². The van der Waals surface area contributed by atoms with Gasteiger partial charge in [0.15, 0.2) is 0 Å². The van der Waals surface area contributed by atoms with Gasteiger partial charge in [0.2, 0.25) is 0 Å². The van der Waals surface area contributed by atoms with E-state index in [0.29, 0.717) is 25.0 Å². The van der Waals surface area contributed by atoms with Crippen LogP contribution in [0.3, 0.4) is 0 Å². The van der Waals surface area contributed by atoms with E-state index in [0.717, 1.165) is 38.9 Å². The lowest BCUT2D eigenvalue weighted by molar-refractivity contribution is -0.143. The second kappa shape index (κ2) is 6.41. The van der Waals surface area contributed by atoms with Gasteiger partial charge in [-0.05, 0) is 58.4 Å². The Morgan fingerprint density at radius 3 is 2.42 bits per heavy atom. The summed E-state index contributed by atoms with van der Waals surface area (Å²) in [5.41, 5.74) is 0. The van der Waals surface area contributed by atoms with Gasteiger partial charge in [-0.2, -0.15) is 13.2 Å². The van der Waals surface area contributed by atoms with Crippen molar-refractivity contribution >= 4 is 0 Å². The second-order valence-electron chi connectivity index (χ2n) is 5.99. The van der Waals surface area contributed by atoms with Gasteiger partial charge in [0.25, 0.3) is 0 Å². The number of hydrogen-bond acceptors (Lipinski definition) is 3. The van der Waals surface area contributed by atoms with Gasteiger partial charge in [0.1, 0.15) is 0 Å². The number of halogens is 3. The molecule has 1 N–H and O–H groups in total. The van der Waals surface area contributed by atoms with Crippen LogP contribution in [0.25, 0.3) is 0 Å². The van der Waals surface area contributed by atoms with Crippen molar-refractivity contribution in [2.24, 2.45) is 5.92 Å². The van der Waals surface area contributed by atoms with Crippen molar-refractivity contribution < 1.29 is 13.2 Å². The Hall–Kier alpha value is -0.330. The van der Waals surface area contributed by atoms with Crippen LogP contribution in [-0.2, 0) is 0 Å². The highest BCUT2D eigenvalue weighted by molar-refractivity contribution is 4.82. The van der Waals surface area contributed by atoms with Gasteiger partial charge < -0.3 is 10.2 Å². The van der Waals surface area contributed by atoms with Crippen LogP contribution in [0.4, 0.5) is 13.2 Å². The summed E-state index contributed by atoms with van der Waals surface area (Å²) < 4.78 is 36.9. The van der Waals surface area contributed by atoms with Crippen molar-refractivity contribution in [1.29, 1.82) is 0 Å². The normalized spacial score (nSPS) is 28.1. The van der Waals surface area contributed by atoms with E-state index in [9.17, 15) is 13.2 Å². The van der Waals surface area contributed by atoms with E-state index in [1.165, 1.54) is 4.90 Å². The van der Waals surface area contributed by atoms with Crippen LogP contribution in [-0.4, -0.2) is 68.3 Å². The minimum atomic E-state index is -4.06. The van der Waals surface area contributed by atoms with Gasteiger partial charge in [-0.25, -0.2) is 0 Å². The number of piperidine rings is 1. The largest absolute Gasteiger partial charge is 0.401 e. The number of alkyl halides is 3. The molecule has 19 heavy (non-hydrogen) atoms. The van der Waals surface area contributed by atoms with Gasteiger partial charge in [-0.1, -0.05) is 0 Å². The minimum Gasteiger partial charge on any atom is -0.314 e. The first-order valence-electron chi connectivity index (χ1n) is 7.13. The maximum absolute atomic E-state index is 12.3. The topological polar surface area (TPSA) is 18.5 Å². The van der Waals surface area contributed by atoms with Crippen molar-refractivity contribution in [3.8, 4) is 0 Å². The van der Waals surface area contributed by atoms with Crippen LogP contribution >= 0.6 is 0 Å². The molecule has 0 radical (unpaired) electrons.